The first-order valence-corrected chi connectivity index (χ1v) is 11.7. The third kappa shape index (κ3) is 3.85. The summed E-state index contributed by atoms with van der Waals surface area (Å²) >= 11 is 0.752. The van der Waals surface area contributed by atoms with E-state index >= 15 is 0 Å². The summed E-state index contributed by atoms with van der Waals surface area (Å²) in [7, 11) is 0. The minimum absolute atomic E-state index is 0.344. The normalized spacial score (nSPS) is 33.0. The van der Waals surface area contributed by atoms with Crippen LogP contribution in [-0.4, -0.2) is 5.78 Å². The molecule has 0 bridgehead atoms. The standard InChI is InChI=1S/C23H33NO4S/c1-4-15-12-20-16(13-22(15)26-29-28-27-24)5-7-19-18(20)9-10-23(3)17(11-14(2)25)6-8-21(19)23/h12-13,17-19,21H,4-11,24H2,1-3H3/t17-,18?,19?,21?,23-/m1/s1. The molecule has 2 fully saturated rings. The summed E-state index contributed by atoms with van der Waals surface area (Å²) in [6, 6.07) is 4.56. The summed E-state index contributed by atoms with van der Waals surface area (Å²) in [4.78, 5) is 15.9. The van der Waals surface area contributed by atoms with E-state index in [2.05, 4.69) is 35.3 Å². The Kier molecular flexibility index (Phi) is 6.26. The van der Waals surface area contributed by atoms with Crippen molar-refractivity contribution in [2.24, 2.45) is 29.1 Å². The molecule has 1 aromatic carbocycles. The van der Waals surface area contributed by atoms with Gasteiger partial charge in [0.1, 0.15) is 11.5 Å². The summed E-state index contributed by atoms with van der Waals surface area (Å²) in [6.07, 6.45) is 9.02. The molecule has 0 aliphatic heterocycles. The number of ketones is 1. The lowest BCUT2D eigenvalue weighted by molar-refractivity contribution is -0.199. The number of Topliss-reactive ketones (excluding diaryl/α,β-unsaturated/α-hetero) is 1. The van der Waals surface area contributed by atoms with Crippen LogP contribution in [0.4, 0.5) is 0 Å². The molecule has 0 heterocycles. The van der Waals surface area contributed by atoms with Gasteiger partial charge < -0.3 is 8.98 Å². The maximum atomic E-state index is 11.8. The average Bonchev–Trinajstić information content (AvgIpc) is 3.03. The number of carbonyl (C=O) groups is 1. The van der Waals surface area contributed by atoms with Crippen molar-refractivity contribution >= 4 is 18.1 Å². The molecule has 0 aromatic heterocycles. The number of hydrogen-bond acceptors (Lipinski definition) is 6. The summed E-state index contributed by atoms with van der Waals surface area (Å²) < 4.78 is 10.3. The molecule has 2 N–H and O–H groups in total. The van der Waals surface area contributed by atoms with Gasteiger partial charge in [0.25, 0.3) is 12.3 Å². The maximum Gasteiger partial charge on any atom is 0.260 e. The van der Waals surface area contributed by atoms with Gasteiger partial charge in [0.05, 0.1) is 0 Å². The highest BCUT2D eigenvalue weighted by Crippen LogP contribution is 2.63. The van der Waals surface area contributed by atoms with Crippen LogP contribution in [0, 0.1) is 23.2 Å². The van der Waals surface area contributed by atoms with Crippen LogP contribution in [0.15, 0.2) is 12.1 Å². The van der Waals surface area contributed by atoms with E-state index in [-0.39, 0.29) is 0 Å². The summed E-state index contributed by atoms with van der Waals surface area (Å²) in [5.41, 5.74) is 4.49. The predicted octanol–water partition coefficient (Wildman–Crippen LogP) is 5.46. The summed E-state index contributed by atoms with van der Waals surface area (Å²) in [6.45, 7) is 6.39. The molecule has 29 heavy (non-hydrogen) atoms. The smallest absolute Gasteiger partial charge is 0.260 e. The van der Waals surface area contributed by atoms with Gasteiger partial charge in [-0.25, -0.2) is 0 Å². The van der Waals surface area contributed by atoms with Gasteiger partial charge in [-0.2, -0.15) is 5.90 Å². The lowest BCUT2D eigenvalue weighted by atomic mass is 9.54. The second kappa shape index (κ2) is 8.58. The zero-order valence-electron chi connectivity index (χ0n) is 17.7. The van der Waals surface area contributed by atoms with E-state index in [4.69, 9.17) is 10.1 Å². The van der Waals surface area contributed by atoms with Crippen molar-refractivity contribution in [1.82, 2.24) is 0 Å². The molecule has 3 aliphatic carbocycles. The fourth-order valence-corrected chi connectivity index (χ4v) is 7.15. The topological polar surface area (TPSA) is 70.8 Å². The molecule has 0 amide bonds. The summed E-state index contributed by atoms with van der Waals surface area (Å²) in [5.74, 6) is 8.82. The first-order chi connectivity index (χ1) is 14.0. The van der Waals surface area contributed by atoms with Crippen LogP contribution in [0.25, 0.3) is 0 Å². The molecule has 5 nitrogen and oxygen atoms in total. The number of benzene rings is 1. The molecular formula is C23H33NO4S. The van der Waals surface area contributed by atoms with Gasteiger partial charge in [0.2, 0.25) is 0 Å². The van der Waals surface area contributed by atoms with Crippen molar-refractivity contribution in [3.05, 3.63) is 28.8 Å². The number of carbonyl (C=O) groups excluding carboxylic acids is 1. The highest BCUT2D eigenvalue weighted by atomic mass is 32.2. The van der Waals surface area contributed by atoms with E-state index in [9.17, 15) is 4.79 Å². The Balaban J connectivity index is 1.58. The first kappa shape index (κ1) is 21.2. The molecule has 3 aliphatic rings. The van der Waals surface area contributed by atoms with Crippen molar-refractivity contribution in [3.8, 4) is 5.75 Å². The van der Waals surface area contributed by atoms with Gasteiger partial charge >= 0.3 is 0 Å². The van der Waals surface area contributed by atoms with Crippen molar-refractivity contribution in [3.63, 3.8) is 0 Å². The van der Waals surface area contributed by atoms with Crippen LogP contribution >= 0.6 is 12.3 Å². The number of nitrogens with two attached hydrogens (primary N) is 1. The minimum Gasteiger partial charge on any atom is -0.398 e. The number of hydrogen-bond donors (Lipinski definition) is 1. The third-order valence-electron chi connectivity index (χ3n) is 8.21. The Bertz CT molecular complexity index is 769. The SMILES string of the molecule is CCc1cc2c(cc1OSOON)CCC1C2CC[C@@]2(C)C1CC[C@@H]2CC(C)=O. The Morgan fingerprint density at radius 1 is 1.28 bits per heavy atom. The van der Waals surface area contributed by atoms with Gasteiger partial charge in [-0.15, -0.1) is 9.32 Å². The lowest BCUT2D eigenvalue weighted by Gasteiger charge is -2.51. The van der Waals surface area contributed by atoms with Crippen LogP contribution in [0.2, 0.25) is 0 Å². The van der Waals surface area contributed by atoms with Crippen molar-refractivity contribution < 1.29 is 18.3 Å². The van der Waals surface area contributed by atoms with E-state index in [0.717, 1.165) is 49.2 Å². The van der Waals surface area contributed by atoms with Crippen LogP contribution in [0.3, 0.4) is 0 Å². The molecule has 4 rings (SSSR count). The molecule has 1 aromatic rings. The van der Waals surface area contributed by atoms with Crippen LogP contribution < -0.4 is 10.1 Å². The Labute approximate surface area is 178 Å². The second-order valence-corrected chi connectivity index (χ2v) is 9.91. The Morgan fingerprint density at radius 3 is 2.83 bits per heavy atom. The largest absolute Gasteiger partial charge is 0.398 e. The highest BCUT2D eigenvalue weighted by molar-refractivity contribution is 7.90. The quantitative estimate of drug-likeness (QED) is 0.274. The molecule has 0 radical (unpaired) electrons. The van der Waals surface area contributed by atoms with Crippen molar-refractivity contribution in [2.75, 3.05) is 0 Å². The van der Waals surface area contributed by atoms with E-state index in [1.807, 2.05) is 0 Å². The zero-order chi connectivity index (χ0) is 20.6. The number of fused-ring (bicyclic) bond motifs is 5. The third-order valence-corrected chi connectivity index (χ3v) is 8.59. The van der Waals surface area contributed by atoms with E-state index in [1.54, 1.807) is 6.92 Å². The molecule has 0 spiro atoms. The molecule has 160 valence electrons. The maximum absolute atomic E-state index is 11.8. The number of aryl methyl sites for hydroxylation is 2. The van der Waals surface area contributed by atoms with Gasteiger partial charge in [0.15, 0.2) is 0 Å². The van der Waals surface area contributed by atoms with Gasteiger partial charge in [0, 0.05) is 6.42 Å². The fourth-order valence-electron chi connectivity index (χ4n) is 6.86. The molecular weight excluding hydrogens is 386 g/mol. The van der Waals surface area contributed by atoms with E-state index in [0.29, 0.717) is 23.0 Å². The molecule has 2 saturated carbocycles. The van der Waals surface area contributed by atoms with Crippen molar-refractivity contribution in [2.45, 2.75) is 78.1 Å². The predicted molar refractivity (Wildman–Crippen MR) is 114 cm³/mol. The zero-order valence-corrected chi connectivity index (χ0v) is 18.6. The molecule has 3 unspecified atom stereocenters. The van der Waals surface area contributed by atoms with E-state index in [1.165, 1.54) is 48.8 Å². The van der Waals surface area contributed by atoms with Gasteiger partial charge in [-0.3, -0.25) is 0 Å². The van der Waals surface area contributed by atoms with Crippen LogP contribution in [0.5, 0.6) is 5.75 Å². The highest BCUT2D eigenvalue weighted by Gasteiger charge is 2.54. The van der Waals surface area contributed by atoms with Gasteiger partial charge in [-0.1, -0.05) is 19.9 Å². The van der Waals surface area contributed by atoms with E-state index < -0.39 is 0 Å². The van der Waals surface area contributed by atoms with Crippen molar-refractivity contribution in [1.29, 1.82) is 0 Å². The number of rotatable bonds is 7. The average molecular weight is 420 g/mol. The first-order valence-electron chi connectivity index (χ1n) is 11.0. The monoisotopic (exact) mass is 419 g/mol. The second-order valence-electron chi connectivity index (χ2n) is 9.47. The lowest BCUT2D eigenvalue weighted by Crippen LogP contribution is -2.42. The van der Waals surface area contributed by atoms with Crippen LogP contribution in [-0.2, 0) is 27.0 Å². The Hall–Kier alpha value is -1.08. The molecule has 0 saturated heterocycles. The Morgan fingerprint density at radius 2 is 2.10 bits per heavy atom. The molecule has 6 heteroatoms. The van der Waals surface area contributed by atoms with Gasteiger partial charge in [-0.05, 0) is 104 Å². The summed E-state index contributed by atoms with van der Waals surface area (Å²) in [5, 5.41) is 0. The minimum atomic E-state index is 0.344. The van der Waals surface area contributed by atoms with Crippen LogP contribution in [0.1, 0.15) is 81.9 Å². The molecule has 5 atom stereocenters. The fraction of sp³-hybridized carbons (Fsp3) is 0.696.